The first-order valence-electron chi connectivity index (χ1n) is 9.74. The van der Waals surface area contributed by atoms with Crippen LogP contribution in [0.25, 0.3) is 10.9 Å². The maximum absolute atomic E-state index is 12.8. The van der Waals surface area contributed by atoms with Gasteiger partial charge in [0.05, 0.1) is 18.3 Å². The Labute approximate surface area is 169 Å². The van der Waals surface area contributed by atoms with E-state index in [-0.39, 0.29) is 17.7 Å². The van der Waals surface area contributed by atoms with E-state index < -0.39 is 0 Å². The van der Waals surface area contributed by atoms with Crippen LogP contribution in [-0.2, 0) is 4.79 Å². The predicted molar refractivity (Wildman–Crippen MR) is 112 cm³/mol. The van der Waals surface area contributed by atoms with Crippen molar-refractivity contribution in [2.45, 2.75) is 12.8 Å². The molecule has 2 aromatic carbocycles. The quantitative estimate of drug-likeness (QED) is 0.738. The number of hydrogen-bond acceptors (Lipinski definition) is 4. The lowest BCUT2D eigenvalue weighted by Crippen LogP contribution is -2.41. The van der Waals surface area contributed by atoms with Crippen molar-refractivity contribution in [2.75, 3.05) is 25.5 Å². The van der Waals surface area contributed by atoms with E-state index in [0.29, 0.717) is 43.1 Å². The molecule has 0 bridgehead atoms. The standard InChI is InChI=1S/C23H23N3O3/c1-29-21-9-5-4-8-19(21)25-22(27)17-12-14-26(15-13-17)23(28)20-11-10-16-6-2-3-7-18(16)24-20/h2-11,17H,12-15H2,1H3,(H,25,27). The van der Waals surface area contributed by atoms with Crippen LogP contribution >= 0.6 is 0 Å². The summed E-state index contributed by atoms with van der Waals surface area (Å²) in [6.07, 6.45) is 1.25. The van der Waals surface area contributed by atoms with Gasteiger partial charge in [0, 0.05) is 24.4 Å². The second-order valence-electron chi connectivity index (χ2n) is 7.15. The van der Waals surface area contributed by atoms with Crippen molar-refractivity contribution in [1.82, 2.24) is 9.88 Å². The summed E-state index contributed by atoms with van der Waals surface area (Å²) in [5, 5.41) is 3.96. The van der Waals surface area contributed by atoms with Crippen molar-refractivity contribution < 1.29 is 14.3 Å². The molecule has 6 heteroatoms. The molecular formula is C23H23N3O3. The highest BCUT2D eigenvalue weighted by atomic mass is 16.5. The first kappa shape index (κ1) is 18.9. The summed E-state index contributed by atoms with van der Waals surface area (Å²) in [6.45, 7) is 1.08. The van der Waals surface area contributed by atoms with Gasteiger partial charge in [0.2, 0.25) is 5.91 Å². The number of anilines is 1. The summed E-state index contributed by atoms with van der Waals surface area (Å²) in [5.41, 5.74) is 1.92. The lowest BCUT2D eigenvalue weighted by Gasteiger charge is -2.31. The topological polar surface area (TPSA) is 71.5 Å². The minimum Gasteiger partial charge on any atom is -0.495 e. The molecule has 29 heavy (non-hydrogen) atoms. The van der Waals surface area contributed by atoms with Crippen molar-refractivity contribution in [3.8, 4) is 5.75 Å². The maximum atomic E-state index is 12.8. The zero-order valence-corrected chi connectivity index (χ0v) is 16.3. The molecule has 0 atom stereocenters. The summed E-state index contributed by atoms with van der Waals surface area (Å²) < 4.78 is 5.29. The number of methoxy groups -OCH3 is 1. The summed E-state index contributed by atoms with van der Waals surface area (Å²) in [7, 11) is 1.58. The predicted octanol–water partition coefficient (Wildman–Crippen LogP) is 3.73. The Bertz CT molecular complexity index is 1040. The van der Waals surface area contributed by atoms with Gasteiger partial charge in [0.25, 0.3) is 5.91 Å². The summed E-state index contributed by atoms with van der Waals surface area (Å²) >= 11 is 0. The van der Waals surface area contributed by atoms with E-state index in [9.17, 15) is 9.59 Å². The average molecular weight is 389 g/mol. The van der Waals surface area contributed by atoms with E-state index in [4.69, 9.17) is 4.74 Å². The first-order chi connectivity index (χ1) is 14.2. The average Bonchev–Trinajstić information content (AvgIpc) is 2.78. The molecule has 6 nitrogen and oxygen atoms in total. The molecule has 2 amide bonds. The zero-order chi connectivity index (χ0) is 20.2. The van der Waals surface area contributed by atoms with E-state index in [1.807, 2.05) is 54.6 Å². The van der Waals surface area contributed by atoms with Crippen LogP contribution in [0.15, 0.2) is 60.7 Å². The number of piperidine rings is 1. The zero-order valence-electron chi connectivity index (χ0n) is 16.3. The number of rotatable bonds is 4. The number of benzene rings is 2. The molecule has 0 saturated carbocycles. The van der Waals surface area contributed by atoms with Crippen LogP contribution in [0.3, 0.4) is 0 Å². The molecule has 1 aliphatic heterocycles. The molecule has 2 heterocycles. The molecule has 1 fully saturated rings. The molecule has 148 valence electrons. The molecule has 3 aromatic rings. The number of para-hydroxylation sites is 3. The second-order valence-corrected chi connectivity index (χ2v) is 7.15. The fraction of sp³-hybridized carbons (Fsp3) is 0.261. The number of fused-ring (bicyclic) bond motifs is 1. The van der Waals surface area contributed by atoms with Gasteiger partial charge >= 0.3 is 0 Å². The van der Waals surface area contributed by atoms with Crippen molar-refractivity contribution in [2.24, 2.45) is 5.92 Å². The lowest BCUT2D eigenvalue weighted by atomic mass is 9.95. The largest absolute Gasteiger partial charge is 0.495 e. The Morgan fingerprint density at radius 2 is 1.72 bits per heavy atom. The molecular weight excluding hydrogens is 366 g/mol. The molecule has 1 N–H and O–H groups in total. The van der Waals surface area contributed by atoms with Gasteiger partial charge in [-0.15, -0.1) is 0 Å². The van der Waals surface area contributed by atoms with Gasteiger partial charge in [-0.25, -0.2) is 4.98 Å². The highest BCUT2D eigenvalue weighted by Gasteiger charge is 2.28. The van der Waals surface area contributed by atoms with Gasteiger partial charge in [-0.05, 0) is 37.1 Å². The van der Waals surface area contributed by atoms with Gasteiger partial charge in [0.1, 0.15) is 11.4 Å². The molecule has 4 rings (SSSR count). The number of aromatic nitrogens is 1. The number of carbonyl (C=O) groups excluding carboxylic acids is 2. The van der Waals surface area contributed by atoms with Gasteiger partial charge < -0.3 is 15.0 Å². The Hall–Kier alpha value is -3.41. The van der Waals surface area contributed by atoms with Crippen molar-refractivity contribution >= 4 is 28.4 Å². The third-order valence-corrected chi connectivity index (χ3v) is 5.34. The highest BCUT2D eigenvalue weighted by Crippen LogP contribution is 2.26. The van der Waals surface area contributed by atoms with E-state index >= 15 is 0 Å². The van der Waals surface area contributed by atoms with Crippen LogP contribution in [0.1, 0.15) is 23.3 Å². The summed E-state index contributed by atoms with van der Waals surface area (Å²) in [4.78, 5) is 31.8. The van der Waals surface area contributed by atoms with Crippen molar-refractivity contribution in [3.63, 3.8) is 0 Å². The fourth-order valence-electron chi connectivity index (χ4n) is 3.67. The number of amides is 2. The lowest BCUT2D eigenvalue weighted by molar-refractivity contribution is -0.121. The maximum Gasteiger partial charge on any atom is 0.272 e. The van der Waals surface area contributed by atoms with Crippen LogP contribution < -0.4 is 10.1 Å². The van der Waals surface area contributed by atoms with Gasteiger partial charge in [-0.1, -0.05) is 36.4 Å². The normalized spacial score (nSPS) is 14.6. The van der Waals surface area contributed by atoms with E-state index in [1.165, 1.54) is 0 Å². The molecule has 0 unspecified atom stereocenters. The minimum absolute atomic E-state index is 0.0366. The summed E-state index contributed by atoms with van der Waals surface area (Å²) in [5.74, 6) is 0.383. The number of nitrogens with zero attached hydrogens (tertiary/aromatic N) is 2. The molecule has 0 radical (unpaired) electrons. The van der Waals surface area contributed by atoms with E-state index in [2.05, 4.69) is 10.3 Å². The van der Waals surface area contributed by atoms with E-state index in [1.54, 1.807) is 18.1 Å². The van der Waals surface area contributed by atoms with Gasteiger partial charge in [-0.2, -0.15) is 0 Å². The second kappa shape index (κ2) is 8.31. The van der Waals surface area contributed by atoms with Gasteiger partial charge in [-0.3, -0.25) is 9.59 Å². The minimum atomic E-state index is -0.131. The molecule has 1 aliphatic rings. The highest BCUT2D eigenvalue weighted by molar-refractivity contribution is 5.96. The Kier molecular flexibility index (Phi) is 5.42. The molecule has 1 saturated heterocycles. The van der Waals surface area contributed by atoms with Crippen LogP contribution in [-0.4, -0.2) is 41.9 Å². The number of pyridine rings is 1. The number of carbonyl (C=O) groups is 2. The number of hydrogen-bond donors (Lipinski definition) is 1. The number of likely N-dealkylation sites (tertiary alicyclic amines) is 1. The third kappa shape index (κ3) is 4.06. The molecule has 0 spiro atoms. The van der Waals surface area contributed by atoms with Crippen molar-refractivity contribution in [1.29, 1.82) is 0 Å². The van der Waals surface area contributed by atoms with Crippen LogP contribution in [0.5, 0.6) is 5.75 Å². The third-order valence-electron chi connectivity index (χ3n) is 5.34. The Balaban J connectivity index is 1.38. The number of nitrogens with one attached hydrogen (secondary N) is 1. The smallest absolute Gasteiger partial charge is 0.272 e. The van der Waals surface area contributed by atoms with Crippen molar-refractivity contribution in [3.05, 3.63) is 66.4 Å². The summed E-state index contributed by atoms with van der Waals surface area (Å²) in [6, 6.07) is 18.8. The van der Waals surface area contributed by atoms with E-state index in [0.717, 1.165) is 10.9 Å². The van der Waals surface area contributed by atoms with Gasteiger partial charge in [0.15, 0.2) is 0 Å². The monoisotopic (exact) mass is 389 g/mol. The SMILES string of the molecule is COc1ccccc1NC(=O)C1CCN(C(=O)c2ccc3ccccc3n2)CC1. The van der Waals surface area contributed by atoms with Crippen LogP contribution in [0, 0.1) is 5.92 Å². The first-order valence-corrected chi connectivity index (χ1v) is 9.74. The Morgan fingerprint density at radius 3 is 2.52 bits per heavy atom. The molecule has 0 aliphatic carbocycles. The van der Waals surface area contributed by atoms with Crippen LogP contribution in [0.2, 0.25) is 0 Å². The van der Waals surface area contributed by atoms with Crippen LogP contribution in [0.4, 0.5) is 5.69 Å². The Morgan fingerprint density at radius 1 is 1.00 bits per heavy atom. The molecule has 1 aromatic heterocycles. The number of ether oxygens (including phenoxy) is 1. The fourth-order valence-corrected chi connectivity index (χ4v) is 3.67.